The molecule has 1 atom stereocenters. The van der Waals surface area contributed by atoms with Gasteiger partial charge < -0.3 is 15.6 Å². The number of aromatic nitrogens is 1. The summed E-state index contributed by atoms with van der Waals surface area (Å²) < 4.78 is 13.3. The van der Waals surface area contributed by atoms with Crippen LogP contribution in [0.15, 0.2) is 29.1 Å². The van der Waals surface area contributed by atoms with Gasteiger partial charge >= 0.3 is 0 Å². The SMILES string of the molecule is CNC(=O)CC1C(=O)NCCN1Cc1cc(=O)c2cc(F)ccc2[nH]1. The van der Waals surface area contributed by atoms with Crippen LogP contribution in [0.4, 0.5) is 4.39 Å². The van der Waals surface area contributed by atoms with Gasteiger partial charge in [-0.25, -0.2) is 4.39 Å². The Hall–Kier alpha value is -2.74. The van der Waals surface area contributed by atoms with E-state index in [1.165, 1.54) is 31.3 Å². The molecule has 1 unspecified atom stereocenters. The van der Waals surface area contributed by atoms with Crippen molar-refractivity contribution in [2.75, 3.05) is 20.1 Å². The number of carbonyl (C=O) groups is 2. The Labute approximate surface area is 143 Å². The quantitative estimate of drug-likeness (QED) is 0.732. The lowest BCUT2D eigenvalue weighted by atomic mass is 10.1. The number of fused-ring (bicyclic) bond motifs is 1. The number of nitrogens with one attached hydrogen (secondary N) is 3. The molecule has 1 aliphatic rings. The summed E-state index contributed by atoms with van der Waals surface area (Å²) in [6.07, 6.45) is 0.0470. The molecule has 2 aromatic rings. The van der Waals surface area contributed by atoms with Crippen LogP contribution in [0, 0.1) is 5.82 Å². The Balaban J connectivity index is 1.87. The van der Waals surface area contributed by atoms with Gasteiger partial charge in [-0.05, 0) is 18.2 Å². The third-order valence-corrected chi connectivity index (χ3v) is 4.32. The number of rotatable bonds is 4. The maximum absolute atomic E-state index is 13.3. The second-order valence-electron chi connectivity index (χ2n) is 6.00. The predicted molar refractivity (Wildman–Crippen MR) is 90.4 cm³/mol. The molecule has 3 rings (SSSR count). The zero-order valence-corrected chi connectivity index (χ0v) is 13.8. The summed E-state index contributed by atoms with van der Waals surface area (Å²) in [5.74, 6) is -0.904. The van der Waals surface area contributed by atoms with E-state index in [1.807, 2.05) is 4.90 Å². The number of H-pyrrole nitrogens is 1. The van der Waals surface area contributed by atoms with Gasteiger partial charge in [-0.15, -0.1) is 0 Å². The van der Waals surface area contributed by atoms with E-state index < -0.39 is 11.9 Å². The minimum Gasteiger partial charge on any atom is -0.359 e. The van der Waals surface area contributed by atoms with E-state index in [0.717, 1.165) is 0 Å². The molecule has 1 aromatic carbocycles. The standard InChI is InChI=1S/C17H19FN4O3/c1-19-16(24)8-14-17(25)20-4-5-22(14)9-11-7-15(23)12-6-10(18)2-3-13(12)21-11/h2-3,6-7,14H,4-5,8-9H2,1H3,(H,19,24)(H,20,25)(H,21,23). The van der Waals surface area contributed by atoms with Gasteiger partial charge in [0.15, 0.2) is 5.43 Å². The molecular formula is C17H19FN4O3. The smallest absolute Gasteiger partial charge is 0.237 e. The third-order valence-electron chi connectivity index (χ3n) is 4.32. The molecule has 132 valence electrons. The van der Waals surface area contributed by atoms with Crippen molar-refractivity contribution in [3.63, 3.8) is 0 Å². The lowest BCUT2D eigenvalue weighted by Crippen LogP contribution is -2.56. The van der Waals surface area contributed by atoms with Crippen molar-refractivity contribution >= 4 is 22.7 Å². The van der Waals surface area contributed by atoms with Gasteiger partial charge in [0, 0.05) is 49.3 Å². The lowest BCUT2D eigenvalue weighted by molar-refractivity contribution is -0.134. The maximum atomic E-state index is 13.3. The Morgan fingerprint density at radius 2 is 2.16 bits per heavy atom. The topological polar surface area (TPSA) is 94.3 Å². The summed E-state index contributed by atoms with van der Waals surface area (Å²) in [4.78, 5) is 41.0. The van der Waals surface area contributed by atoms with Gasteiger partial charge in [-0.3, -0.25) is 19.3 Å². The summed E-state index contributed by atoms with van der Waals surface area (Å²) in [5.41, 5.74) is 0.862. The van der Waals surface area contributed by atoms with Crippen LogP contribution in [0.3, 0.4) is 0 Å². The maximum Gasteiger partial charge on any atom is 0.237 e. The van der Waals surface area contributed by atoms with E-state index in [2.05, 4.69) is 15.6 Å². The highest BCUT2D eigenvalue weighted by atomic mass is 19.1. The van der Waals surface area contributed by atoms with E-state index in [4.69, 9.17) is 0 Å². The molecule has 25 heavy (non-hydrogen) atoms. The molecule has 0 radical (unpaired) electrons. The number of carbonyl (C=O) groups excluding carboxylic acids is 2. The number of amides is 2. The molecule has 0 aliphatic carbocycles. The predicted octanol–water partition coefficient (Wildman–Crippen LogP) is 0.104. The molecule has 1 fully saturated rings. The number of pyridine rings is 1. The molecule has 2 heterocycles. The van der Waals surface area contributed by atoms with Crippen LogP contribution in [-0.2, 0) is 16.1 Å². The number of piperazine rings is 1. The van der Waals surface area contributed by atoms with Gasteiger partial charge in [0.1, 0.15) is 5.82 Å². The highest BCUT2D eigenvalue weighted by Gasteiger charge is 2.31. The monoisotopic (exact) mass is 346 g/mol. The van der Waals surface area contributed by atoms with Crippen molar-refractivity contribution in [3.8, 4) is 0 Å². The Kier molecular flexibility index (Phi) is 4.80. The number of halogens is 1. The molecule has 2 amide bonds. The summed E-state index contributed by atoms with van der Waals surface area (Å²) in [6.45, 7) is 1.36. The molecule has 0 spiro atoms. The first kappa shape index (κ1) is 17.1. The highest BCUT2D eigenvalue weighted by molar-refractivity contribution is 5.88. The van der Waals surface area contributed by atoms with Crippen LogP contribution in [0.25, 0.3) is 10.9 Å². The van der Waals surface area contributed by atoms with Crippen molar-refractivity contribution < 1.29 is 14.0 Å². The Morgan fingerprint density at radius 1 is 1.36 bits per heavy atom. The van der Waals surface area contributed by atoms with Crippen molar-refractivity contribution in [1.82, 2.24) is 20.5 Å². The van der Waals surface area contributed by atoms with E-state index in [0.29, 0.717) is 30.8 Å². The summed E-state index contributed by atoms with van der Waals surface area (Å²) >= 11 is 0. The zero-order valence-electron chi connectivity index (χ0n) is 13.8. The fourth-order valence-electron chi connectivity index (χ4n) is 3.03. The van der Waals surface area contributed by atoms with Crippen LogP contribution < -0.4 is 16.1 Å². The Morgan fingerprint density at radius 3 is 2.92 bits per heavy atom. The number of nitrogens with zero attached hydrogens (tertiary/aromatic N) is 1. The van der Waals surface area contributed by atoms with E-state index in [1.54, 1.807) is 0 Å². The molecule has 0 saturated carbocycles. The third kappa shape index (κ3) is 3.69. The van der Waals surface area contributed by atoms with Crippen LogP contribution in [-0.4, -0.2) is 47.9 Å². The molecular weight excluding hydrogens is 327 g/mol. The fraction of sp³-hybridized carbons (Fsp3) is 0.353. The van der Waals surface area contributed by atoms with Gasteiger partial charge in [0.05, 0.1) is 12.5 Å². The first-order valence-electron chi connectivity index (χ1n) is 8.01. The van der Waals surface area contributed by atoms with Crippen molar-refractivity contribution in [3.05, 3.63) is 46.0 Å². The normalized spacial score (nSPS) is 18.2. The molecule has 1 aliphatic heterocycles. The highest BCUT2D eigenvalue weighted by Crippen LogP contribution is 2.15. The van der Waals surface area contributed by atoms with Gasteiger partial charge in [-0.1, -0.05) is 0 Å². The largest absolute Gasteiger partial charge is 0.359 e. The van der Waals surface area contributed by atoms with Crippen molar-refractivity contribution in [2.45, 2.75) is 19.0 Å². The van der Waals surface area contributed by atoms with Crippen LogP contribution in [0.5, 0.6) is 0 Å². The molecule has 1 saturated heterocycles. The molecule has 3 N–H and O–H groups in total. The lowest BCUT2D eigenvalue weighted by Gasteiger charge is -2.34. The van der Waals surface area contributed by atoms with Crippen LogP contribution >= 0.6 is 0 Å². The molecule has 0 bridgehead atoms. The van der Waals surface area contributed by atoms with E-state index in [-0.39, 0.29) is 29.1 Å². The average molecular weight is 346 g/mol. The summed E-state index contributed by atoms with van der Waals surface area (Å²) in [7, 11) is 1.52. The average Bonchev–Trinajstić information content (AvgIpc) is 2.58. The summed E-state index contributed by atoms with van der Waals surface area (Å²) in [5, 5.41) is 5.55. The van der Waals surface area contributed by atoms with Crippen molar-refractivity contribution in [2.24, 2.45) is 0 Å². The minimum absolute atomic E-state index is 0.0470. The van der Waals surface area contributed by atoms with E-state index >= 15 is 0 Å². The fourth-order valence-corrected chi connectivity index (χ4v) is 3.03. The molecule has 7 nitrogen and oxygen atoms in total. The summed E-state index contributed by atoms with van der Waals surface area (Å²) in [6, 6.07) is 4.80. The molecule has 1 aromatic heterocycles. The minimum atomic E-state index is -0.596. The van der Waals surface area contributed by atoms with E-state index in [9.17, 15) is 18.8 Å². The van der Waals surface area contributed by atoms with Crippen LogP contribution in [0.1, 0.15) is 12.1 Å². The van der Waals surface area contributed by atoms with Gasteiger partial charge in [0.2, 0.25) is 11.8 Å². The second kappa shape index (κ2) is 7.02. The van der Waals surface area contributed by atoms with Gasteiger partial charge in [-0.2, -0.15) is 0 Å². The number of aromatic amines is 1. The first-order chi connectivity index (χ1) is 12.0. The number of hydrogen-bond donors (Lipinski definition) is 3. The zero-order chi connectivity index (χ0) is 18.0. The second-order valence-corrected chi connectivity index (χ2v) is 6.00. The number of benzene rings is 1. The first-order valence-corrected chi connectivity index (χ1v) is 8.01. The van der Waals surface area contributed by atoms with Crippen LogP contribution in [0.2, 0.25) is 0 Å². The van der Waals surface area contributed by atoms with Crippen molar-refractivity contribution in [1.29, 1.82) is 0 Å². The van der Waals surface area contributed by atoms with Gasteiger partial charge in [0.25, 0.3) is 0 Å². The molecule has 8 heteroatoms. The Bertz CT molecular complexity index is 880. The number of hydrogen-bond acceptors (Lipinski definition) is 4.